The fourth-order valence-electron chi connectivity index (χ4n) is 3.47. The summed E-state index contributed by atoms with van der Waals surface area (Å²) in [6.07, 6.45) is 1.61. The number of pyridine rings is 1. The Balaban J connectivity index is 1.60. The lowest BCUT2D eigenvalue weighted by molar-refractivity contribution is -0.142. The number of hydrogen-bond donors (Lipinski definition) is 1. The van der Waals surface area contributed by atoms with Gasteiger partial charge in [-0.05, 0) is 17.5 Å². The van der Waals surface area contributed by atoms with E-state index in [1.165, 1.54) is 0 Å². The standard InChI is InChI=1S/C16H20ClN3O3/c1-16(2)12(13(16)15(22)23)14(21)20-7-5-19(6-8-20)11-4-3-10(17)9-18-11/h3-4,9,12-13H,5-8H2,1-2H3,(H,22,23)/t12-,13+/m1/s1. The molecular weight excluding hydrogens is 318 g/mol. The third-order valence-electron chi connectivity index (χ3n) is 4.99. The number of halogens is 1. The first-order valence-electron chi connectivity index (χ1n) is 7.70. The summed E-state index contributed by atoms with van der Waals surface area (Å²) in [4.78, 5) is 32.0. The first-order valence-corrected chi connectivity index (χ1v) is 8.08. The molecule has 0 spiro atoms. The average Bonchev–Trinajstić information content (AvgIpc) is 3.10. The van der Waals surface area contributed by atoms with Gasteiger partial charge in [0.05, 0.1) is 16.9 Å². The van der Waals surface area contributed by atoms with Crippen LogP contribution >= 0.6 is 11.6 Å². The van der Waals surface area contributed by atoms with E-state index < -0.39 is 23.2 Å². The van der Waals surface area contributed by atoms with Crippen molar-refractivity contribution in [3.63, 3.8) is 0 Å². The van der Waals surface area contributed by atoms with E-state index in [1.807, 2.05) is 19.9 Å². The molecule has 1 N–H and O–H groups in total. The monoisotopic (exact) mass is 337 g/mol. The van der Waals surface area contributed by atoms with E-state index in [-0.39, 0.29) is 5.91 Å². The highest BCUT2D eigenvalue weighted by Gasteiger charge is 2.66. The number of hydrogen-bond acceptors (Lipinski definition) is 4. The Bertz CT molecular complexity index is 624. The van der Waals surface area contributed by atoms with E-state index in [9.17, 15) is 14.7 Å². The van der Waals surface area contributed by atoms with Crippen LogP contribution in [0, 0.1) is 17.3 Å². The largest absolute Gasteiger partial charge is 0.481 e. The van der Waals surface area contributed by atoms with Gasteiger partial charge in [-0.3, -0.25) is 9.59 Å². The van der Waals surface area contributed by atoms with E-state index >= 15 is 0 Å². The van der Waals surface area contributed by atoms with E-state index in [2.05, 4.69) is 9.88 Å². The Hall–Kier alpha value is -1.82. The van der Waals surface area contributed by atoms with Crippen LogP contribution in [0.2, 0.25) is 5.02 Å². The maximum Gasteiger partial charge on any atom is 0.307 e. The van der Waals surface area contributed by atoms with Gasteiger partial charge < -0.3 is 14.9 Å². The van der Waals surface area contributed by atoms with Gasteiger partial charge in [0, 0.05) is 32.4 Å². The number of carboxylic acid groups (broad SMARTS) is 1. The molecule has 3 rings (SSSR count). The minimum atomic E-state index is -0.877. The van der Waals surface area contributed by atoms with Crippen LogP contribution in [-0.2, 0) is 9.59 Å². The second-order valence-corrected chi connectivity index (χ2v) is 7.20. The average molecular weight is 338 g/mol. The molecule has 2 aliphatic rings. The van der Waals surface area contributed by atoms with Gasteiger partial charge in [-0.15, -0.1) is 0 Å². The van der Waals surface area contributed by atoms with Gasteiger partial charge >= 0.3 is 5.97 Å². The van der Waals surface area contributed by atoms with Crippen LogP contribution in [0.3, 0.4) is 0 Å². The van der Waals surface area contributed by atoms with Crippen molar-refractivity contribution in [2.45, 2.75) is 13.8 Å². The van der Waals surface area contributed by atoms with Gasteiger partial charge in [-0.2, -0.15) is 0 Å². The van der Waals surface area contributed by atoms with Crippen molar-refractivity contribution in [3.8, 4) is 0 Å². The summed E-state index contributed by atoms with van der Waals surface area (Å²) in [5, 5.41) is 9.82. The molecule has 2 fully saturated rings. The molecule has 2 atom stereocenters. The Morgan fingerprint density at radius 1 is 1.22 bits per heavy atom. The van der Waals surface area contributed by atoms with E-state index in [4.69, 9.17) is 11.6 Å². The SMILES string of the molecule is CC1(C)[C@H](C(=O)O)[C@@H]1C(=O)N1CCN(c2ccc(Cl)cn2)CC1. The highest BCUT2D eigenvalue weighted by Crippen LogP contribution is 2.59. The molecule has 1 aromatic heterocycles. The molecule has 0 unspecified atom stereocenters. The van der Waals surface area contributed by atoms with Crippen molar-refractivity contribution in [2.75, 3.05) is 31.1 Å². The number of aromatic nitrogens is 1. The van der Waals surface area contributed by atoms with Crippen molar-refractivity contribution in [2.24, 2.45) is 17.3 Å². The van der Waals surface area contributed by atoms with Gasteiger partial charge in [0.25, 0.3) is 0 Å². The third-order valence-corrected chi connectivity index (χ3v) is 5.21. The number of carboxylic acids is 1. The molecule has 23 heavy (non-hydrogen) atoms. The summed E-state index contributed by atoms with van der Waals surface area (Å²) in [5.74, 6) is -1.04. The normalized spacial score (nSPS) is 26.0. The summed E-state index contributed by atoms with van der Waals surface area (Å²) < 4.78 is 0. The first kappa shape index (κ1) is 16.1. The van der Waals surface area contributed by atoms with Crippen molar-refractivity contribution < 1.29 is 14.7 Å². The van der Waals surface area contributed by atoms with Crippen LogP contribution in [0.25, 0.3) is 0 Å². The van der Waals surface area contributed by atoms with Crippen molar-refractivity contribution in [3.05, 3.63) is 23.4 Å². The second-order valence-electron chi connectivity index (χ2n) is 6.76. The summed E-state index contributed by atoms with van der Waals surface area (Å²) in [5.41, 5.74) is -0.447. The number of nitrogens with zero attached hydrogens (tertiary/aromatic N) is 3. The number of piperazine rings is 1. The van der Waals surface area contributed by atoms with Gasteiger partial charge in [-0.25, -0.2) is 4.98 Å². The fraction of sp³-hybridized carbons (Fsp3) is 0.562. The highest BCUT2D eigenvalue weighted by molar-refractivity contribution is 6.30. The molecular formula is C16H20ClN3O3. The summed E-state index contributed by atoms with van der Waals surface area (Å²) in [6.45, 7) is 6.24. The van der Waals surface area contributed by atoms with Crippen LogP contribution in [0.4, 0.5) is 5.82 Å². The minimum Gasteiger partial charge on any atom is -0.481 e. The highest BCUT2D eigenvalue weighted by atomic mass is 35.5. The maximum atomic E-state index is 12.6. The summed E-state index contributed by atoms with van der Waals surface area (Å²) >= 11 is 5.84. The lowest BCUT2D eigenvalue weighted by Crippen LogP contribution is -2.50. The van der Waals surface area contributed by atoms with Crippen molar-refractivity contribution in [1.82, 2.24) is 9.88 Å². The Labute approximate surface area is 140 Å². The molecule has 2 heterocycles. The molecule has 124 valence electrons. The van der Waals surface area contributed by atoms with Crippen molar-refractivity contribution >= 4 is 29.3 Å². The fourth-order valence-corrected chi connectivity index (χ4v) is 3.58. The zero-order valence-corrected chi connectivity index (χ0v) is 14.0. The van der Waals surface area contributed by atoms with Crippen LogP contribution < -0.4 is 4.90 Å². The number of amides is 1. The quantitative estimate of drug-likeness (QED) is 0.909. The Morgan fingerprint density at radius 3 is 2.35 bits per heavy atom. The van der Waals surface area contributed by atoms with Crippen LogP contribution in [0.15, 0.2) is 18.3 Å². The van der Waals surface area contributed by atoms with Crippen LogP contribution in [-0.4, -0.2) is 53.0 Å². The molecule has 7 heteroatoms. The zero-order chi connectivity index (χ0) is 16.8. The Kier molecular flexibility index (Phi) is 3.96. The van der Waals surface area contributed by atoms with E-state index in [0.29, 0.717) is 31.2 Å². The number of carbonyl (C=O) groups is 2. The number of aliphatic carboxylic acids is 1. The molecule has 1 aromatic rings. The molecule has 6 nitrogen and oxygen atoms in total. The van der Waals surface area contributed by atoms with Gasteiger partial charge in [0.1, 0.15) is 5.82 Å². The first-order chi connectivity index (χ1) is 10.8. The zero-order valence-electron chi connectivity index (χ0n) is 13.2. The summed E-state index contributed by atoms with van der Waals surface area (Å²) in [6, 6.07) is 3.66. The molecule has 0 radical (unpaired) electrons. The molecule has 0 aromatic carbocycles. The van der Waals surface area contributed by atoms with Crippen molar-refractivity contribution in [1.29, 1.82) is 0 Å². The number of rotatable bonds is 3. The smallest absolute Gasteiger partial charge is 0.307 e. The molecule has 1 saturated carbocycles. The van der Waals surface area contributed by atoms with E-state index in [0.717, 1.165) is 5.82 Å². The second kappa shape index (κ2) is 5.67. The minimum absolute atomic E-state index is 0.0360. The predicted molar refractivity (Wildman–Crippen MR) is 86.4 cm³/mol. The van der Waals surface area contributed by atoms with E-state index in [1.54, 1.807) is 17.2 Å². The molecule has 1 saturated heterocycles. The topological polar surface area (TPSA) is 73.7 Å². The number of anilines is 1. The maximum absolute atomic E-state index is 12.6. The molecule has 1 aliphatic carbocycles. The number of carbonyl (C=O) groups excluding carboxylic acids is 1. The third kappa shape index (κ3) is 2.87. The van der Waals surface area contributed by atoms with Gasteiger partial charge in [0.15, 0.2) is 0 Å². The van der Waals surface area contributed by atoms with Crippen LogP contribution in [0.5, 0.6) is 0 Å². The molecule has 0 bridgehead atoms. The predicted octanol–water partition coefficient (Wildman–Crippen LogP) is 1.74. The van der Waals surface area contributed by atoms with Gasteiger partial charge in [-0.1, -0.05) is 25.4 Å². The lowest BCUT2D eigenvalue weighted by Gasteiger charge is -2.35. The molecule has 1 aliphatic heterocycles. The lowest BCUT2D eigenvalue weighted by atomic mass is 10.1. The Morgan fingerprint density at radius 2 is 1.87 bits per heavy atom. The summed E-state index contributed by atoms with van der Waals surface area (Å²) in [7, 11) is 0. The van der Waals surface area contributed by atoms with Gasteiger partial charge in [0.2, 0.25) is 5.91 Å². The van der Waals surface area contributed by atoms with Crippen LogP contribution in [0.1, 0.15) is 13.8 Å². The molecule has 1 amide bonds.